The SMILES string of the molecule is CCC(C(=O)O)S(=O)(=O)Cc1cc(C)nc2ccccc12. The van der Waals surface area contributed by atoms with Gasteiger partial charge in [-0.25, -0.2) is 8.42 Å². The molecule has 21 heavy (non-hydrogen) atoms. The number of carboxylic acids is 1. The minimum Gasteiger partial charge on any atom is -0.480 e. The van der Waals surface area contributed by atoms with Gasteiger partial charge < -0.3 is 5.11 Å². The van der Waals surface area contributed by atoms with Crippen LogP contribution < -0.4 is 0 Å². The Kier molecular flexibility index (Phi) is 4.27. The van der Waals surface area contributed by atoms with Crippen LogP contribution in [0.3, 0.4) is 0 Å². The Morgan fingerprint density at radius 1 is 1.33 bits per heavy atom. The van der Waals surface area contributed by atoms with Crippen molar-refractivity contribution >= 4 is 26.7 Å². The topological polar surface area (TPSA) is 84.3 Å². The Morgan fingerprint density at radius 2 is 2.00 bits per heavy atom. The number of carbonyl (C=O) groups is 1. The fraction of sp³-hybridized carbons (Fsp3) is 0.333. The van der Waals surface area contributed by atoms with Crippen molar-refractivity contribution < 1.29 is 18.3 Å². The summed E-state index contributed by atoms with van der Waals surface area (Å²) in [6, 6.07) is 8.96. The first kappa shape index (κ1) is 15.4. The molecule has 1 unspecified atom stereocenters. The van der Waals surface area contributed by atoms with Crippen LogP contribution >= 0.6 is 0 Å². The van der Waals surface area contributed by atoms with Crippen LogP contribution in [0, 0.1) is 6.92 Å². The number of para-hydroxylation sites is 1. The van der Waals surface area contributed by atoms with Crippen LogP contribution in [0.5, 0.6) is 0 Å². The molecular formula is C15H17NO4S. The van der Waals surface area contributed by atoms with E-state index in [-0.39, 0.29) is 12.2 Å². The molecule has 1 N–H and O–H groups in total. The number of nitrogens with zero attached hydrogens (tertiary/aromatic N) is 1. The first-order chi connectivity index (χ1) is 9.85. The van der Waals surface area contributed by atoms with Gasteiger partial charge in [0.15, 0.2) is 15.1 Å². The third kappa shape index (κ3) is 3.21. The predicted octanol–water partition coefficient (Wildman–Crippen LogP) is 2.32. The van der Waals surface area contributed by atoms with Gasteiger partial charge in [0, 0.05) is 11.1 Å². The summed E-state index contributed by atoms with van der Waals surface area (Å²) in [6.45, 7) is 3.35. The number of aliphatic carboxylic acids is 1. The minimum absolute atomic E-state index is 0.0552. The van der Waals surface area contributed by atoms with Crippen molar-refractivity contribution in [3.63, 3.8) is 0 Å². The molecule has 0 spiro atoms. The number of fused-ring (bicyclic) bond motifs is 1. The molecule has 2 aromatic rings. The van der Waals surface area contributed by atoms with Gasteiger partial charge >= 0.3 is 5.97 Å². The molecule has 6 heteroatoms. The summed E-state index contributed by atoms with van der Waals surface area (Å²) < 4.78 is 24.7. The quantitative estimate of drug-likeness (QED) is 0.916. The molecule has 1 heterocycles. The standard InChI is InChI=1S/C15H17NO4S/c1-3-14(15(17)18)21(19,20)9-11-8-10(2)16-13-7-5-4-6-12(11)13/h4-8,14H,3,9H2,1-2H3,(H,17,18). The molecule has 0 aliphatic rings. The van der Waals surface area contributed by atoms with Crippen LogP contribution in [0.4, 0.5) is 0 Å². The van der Waals surface area contributed by atoms with Crippen LogP contribution in [-0.4, -0.2) is 29.7 Å². The lowest BCUT2D eigenvalue weighted by Gasteiger charge is -2.13. The lowest BCUT2D eigenvalue weighted by molar-refractivity contribution is -0.136. The van der Waals surface area contributed by atoms with Gasteiger partial charge in [0.05, 0.1) is 11.3 Å². The highest BCUT2D eigenvalue weighted by molar-refractivity contribution is 7.92. The number of pyridine rings is 1. The first-order valence-corrected chi connectivity index (χ1v) is 8.36. The fourth-order valence-electron chi connectivity index (χ4n) is 2.41. The molecule has 2 rings (SSSR count). The van der Waals surface area contributed by atoms with E-state index in [1.54, 1.807) is 26.0 Å². The van der Waals surface area contributed by atoms with Crippen LogP contribution in [0.2, 0.25) is 0 Å². The van der Waals surface area contributed by atoms with Crippen molar-refractivity contribution in [2.24, 2.45) is 0 Å². The first-order valence-electron chi connectivity index (χ1n) is 6.64. The zero-order chi connectivity index (χ0) is 15.6. The largest absolute Gasteiger partial charge is 0.480 e. The van der Waals surface area contributed by atoms with Gasteiger partial charge in [-0.15, -0.1) is 0 Å². The maximum Gasteiger partial charge on any atom is 0.321 e. The number of benzene rings is 1. The average molecular weight is 307 g/mol. The Balaban J connectivity index is 2.51. The second-order valence-electron chi connectivity index (χ2n) is 4.98. The summed E-state index contributed by atoms with van der Waals surface area (Å²) >= 11 is 0. The summed E-state index contributed by atoms with van der Waals surface area (Å²) in [5.74, 6) is -1.59. The van der Waals surface area contributed by atoms with Gasteiger partial charge in [-0.1, -0.05) is 25.1 Å². The molecule has 0 saturated carbocycles. The molecule has 0 bridgehead atoms. The number of sulfone groups is 1. The zero-order valence-electron chi connectivity index (χ0n) is 11.9. The molecule has 5 nitrogen and oxygen atoms in total. The second kappa shape index (κ2) is 5.81. The number of carboxylic acid groups (broad SMARTS) is 1. The van der Waals surface area contributed by atoms with E-state index < -0.39 is 21.1 Å². The van der Waals surface area contributed by atoms with Crippen LogP contribution in [0.15, 0.2) is 30.3 Å². The maximum atomic E-state index is 12.3. The molecule has 0 aliphatic heterocycles. The number of hydrogen-bond acceptors (Lipinski definition) is 4. The third-order valence-electron chi connectivity index (χ3n) is 3.37. The Morgan fingerprint density at radius 3 is 2.62 bits per heavy atom. The monoisotopic (exact) mass is 307 g/mol. The van der Waals surface area contributed by atoms with Gasteiger partial charge in [-0.2, -0.15) is 0 Å². The molecule has 0 amide bonds. The van der Waals surface area contributed by atoms with Gasteiger partial charge in [-0.05, 0) is 31.0 Å². The Labute approximate surface area is 123 Å². The fourth-order valence-corrected chi connectivity index (χ4v) is 4.10. The van der Waals surface area contributed by atoms with Gasteiger partial charge in [0.2, 0.25) is 0 Å². The molecule has 0 aliphatic carbocycles. The molecule has 0 radical (unpaired) electrons. The Hall–Kier alpha value is -1.95. The van der Waals surface area contributed by atoms with Crippen LogP contribution in [0.1, 0.15) is 24.6 Å². The summed E-state index contributed by atoms with van der Waals surface area (Å²) in [5.41, 5.74) is 2.02. The van der Waals surface area contributed by atoms with Gasteiger partial charge in [0.25, 0.3) is 0 Å². The lowest BCUT2D eigenvalue weighted by Crippen LogP contribution is -2.30. The summed E-state index contributed by atoms with van der Waals surface area (Å²) in [6.07, 6.45) is 0.0552. The number of aromatic nitrogens is 1. The molecule has 0 saturated heterocycles. The van der Waals surface area contributed by atoms with Crippen molar-refractivity contribution in [3.05, 3.63) is 41.6 Å². The maximum absolute atomic E-state index is 12.3. The number of rotatable bonds is 5. The van der Waals surface area contributed by atoms with E-state index in [2.05, 4.69) is 4.98 Å². The molecule has 0 fully saturated rings. The van der Waals surface area contributed by atoms with E-state index >= 15 is 0 Å². The van der Waals surface area contributed by atoms with E-state index in [9.17, 15) is 13.2 Å². The highest BCUT2D eigenvalue weighted by Gasteiger charge is 2.31. The number of hydrogen-bond donors (Lipinski definition) is 1. The highest BCUT2D eigenvalue weighted by Crippen LogP contribution is 2.22. The lowest BCUT2D eigenvalue weighted by atomic mass is 10.1. The second-order valence-corrected chi connectivity index (χ2v) is 7.17. The average Bonchev–Trinajstić information content (AvgIpc) is 2.37. The van der Waals surface area contributed by atoms with E-state index in [0.717, 1.165) is 5.39 Å². The zero-order valence-corrected chi connectivity index (χ0v) is 12.7. The van der Waals surface area contributed by atoms with Crippen molar-refractivity contribution in [3.8, 4) is 0 Å². The van der Waals surface area contributed by atoms with Crippen molar-refractivity contribution in [1.29, 1.82) is 0 Å². The molecule has 1 atom stereocenters. The smallest absolute Gasteiger partial charge is 0.321 e. The molecular weight excluding hydrogens is 290 g/mol. The predicted molar refractivity (Wildman–Crippen MR) is 80.8 cm³/mol. The molecule has 1 aromatic carbocycles. The minimum atomic E-state index is -3.76. The van der Waals surface area contributed by atoms with Crippen molar-refractivity contribution in [1.82, 2.24) is 4.98 Å². The van der Waals surface area contributed by atoms with E-state index in [1.165, 1.54) is 0 Å². The highest BCUT2D eigenvalue weighted by atomic mass is 32.2. The van der Waals surface area contributed by atoms with Crippen LogP contribution in [-0.2, 0) is 20.4 Å². The van der Waals surface area contributed by atoms with Crippen molar-refractivity contribution in [2.45, 2.75) is 31.3 Å². The van der Waals surface area contributed by atoms with Crippen molar-refractivity contribution in [2.75, 3.05) is 0 Å². The van der Waals surface area contributed by atoms with E-state index in [0.29, 0.717) is 16.8 Å². The Bertz CT molecular complexity index is 783. The van der Waals surface area contributed by atoms with E-state index in [4.69, 9.17) is 5.11 Å². The third-order valence-corrected chi connectivity index (χ3v) is 5.48. The summed E-state index contributed by atoms with van der Waals surface area (Å²) in [4.78, 5) is 15.5. The number of aryl methyl sites for hydroxylation is 1. The molecule has 112 valence electrons. The van der Waals surface area contributed by atoms with Gasteiger partial charge in [0.1, 0.15) is 0 Å². The van der Waals surface area contributed by atoms with Crippen LogP contribution in [0.25, 0.3) is 10.9 Å². The molecule has 1 aromatic heterocycles. The summed E-state index contributed by atoms with van der Waals surface area (Å²) in [5, 5.41) is 8.44. The van der Waals surface area contributed by atoms with E-state index in [1.807, 2.05) is 18.2 Å². The van der Waals surface area contributed by atoms with Gasteiger partial charge in [-0.3, -0.25) is 9.78 Å². The normalized spacial score (nSPS) is 13.2. The summed E-state index contributed by atoms with van der Waals surface area (Å²) in [7, 11) is -3.76.